The predicted octanol–water partition coefficient (Wildman–Crippen LogP) is 2.47. The Bertz CT molecular complexity index is 381. The first kappa shape index (κ1) is 15.3. The van der Waals surface area contributed by atoms with Crippen molar-refractivity contribution in [1.82, 2.24) is 10.2 Å². The summed E-state index contributed by atoms with van der Waals surface area (Å²) < 4.78 is 26.7. The highest BCUT2D eigenvalue weighted by atomic mass is 35.5. The topological polar surface area (TPSA) is 15.3 Å². The first-order valence-electron chi connectivity index (χ1n) is 5.99. The van der Waals surface area contributed by atoms with E-state index < -0.39 is 6.67 Å². The average Bonchev–Trinajstić information content (AvgIpc) is 2.36. The van der Waals surface area contributed by atoms with Crippen molar-refractivity contribution in [2.45, 2.75) is 13.0 Å². The lowest BCUT2D eigenvalue weighted by molar-refractivity contribution is 0.147. The number of halogens is 3. The fourth-order valence-electron chi connectivity index (χ4n) is 2.21. The van der Waals surface area contributed by atoms with Crippen LogP contribution in [0.25, 0.3) is 0 Å². The summed E-state index contributed by atoms with van der Waals surface area (Å²) in [5, 5.41) is 3.23. The molecule has 0 unspecified atom stereocenters. The Hall–Kier alpha value is -0.710. The number of rotatable bonds is 3. The molecule has 2 rings (SSSR count). The van der Waals surface area contributed by atoms with Crippen LogP contribution in [0.1, 0.15) is 17.2 Å². The Morgan fingerprint density at radius 2 is 2.00 bits per heavy atom. The van der Waals surface area contributed by atoms with Gasteiger partial charge in [-0.05, 0) is 24.1 Å². The molecular weight excluding hydrogens is 258 g/mol. The van der Waals surface area contributed by atoms with Crippen LogP contribution >= 0.6 is 12.4 Å². The molecule has 1 fully saturated rings. The number of aryl methyl sites for hydroxylation is 1. The second-order valence-electron chi connectivity index (χ2n) is 4.46. The molecule has 0 aliphatic carbocycles. The Morgan fingerprint density at radius 1 is 1.33 bits per heavy atom. The molecule has 0 bridgehead atoms. The minimum Gasteiger partial charge on any atom is -0.314 e. The summed E-state index contributed by atoms with van der Waals surface area (Å²) >= 11 is 0. The predicted molar refractivity (Wildman–Crippen MR) is 71.5 cm³/mol. The second kappa shape index (κ2) is 7.02. The van der Waals surface area contributed by atoms with Gasteiger partial charge in [0.1, 0.15) is 12.5 Å². The second-order valence-corrected chi connectivity index (χ2v) is 4.46. The van der Waals surface area contributed by atoms with Gasteiger partial charge in [-0.3, -0.25) is 4.90 Å². The molecule has 1 aliphatic heterocycles. The molecule has 1 aliphatic rings. The number of piperazine rings is 1. The third-order valence-electron chi connectivity index (χ3n) is 3.32. The number of alkyl halides is 1. The van der Waals surface area contributed by atoms with Crippen molar-refractivity contribution in [2.24, 2.45) is 0 Å². The molecule has 5 heteroatoms. The minimum absolute atomic E-state index is 0. The number of hydrogen-bond acceptors (Lipinski definition) is 2. The van der Waals surface area contributed by atoms with Crippen molar-refractivity contribution in [1.29, 1.82) is 0 Å². The molecule has 1 heterocycles. The van der Waals surface area contributed by atoms with E-state index in [1.54, 1.807) is 13.0 Å². The van der Waals surface area contributed by atoms with Crippen LogP contribution in [0, 0.1) is 12.7 Å². The third-order valence-corrected chi connectivity index (χ3v) is 3.32. The molecule has 1 aromatic rings. The van der Waals surface area contributed by atoms with E-state index in [4.69, 9.17) is 0 Å². The van der Waals surface area contributed by atoms with E-state index in [1.165, 1.54) is 6.07 Å². The lowest BCUT2D eigenvalue weighted by atomic mass is 10.0. The van der Waals surface area contributed by atoms with Crippen molar-refractivity contribution >= 4 is 12.4 Å². The Labute approximate surface area is 113 Å². The van der Waals surface area contributed by atoms with Crippen LogP contribution in [0.15, 0.2) is 18.2 Å². The zero-order valence-electron chi connectivity index (χ0n) is 10.5. The van der Waals surface area contributed by atoms with Crippen LogP contribution < -0.4 is 5.32 Å². The van der Waals surface area contributed by atoms with Crippen molar-refractivity contribution in [3.63, 3.8) is 0 Å². The molecule has 0 saturated carbocycles. The summed E-state index contributed by atoms with van der Waals surface area (Å²) in [7, 11) is 0. The maximum atomic E-state index is 13.5. The highest BCUT2D eigenvalue weighted by molar-refractivity contribution is 5.85. The van der Waals surface area contributed by atoms with Crippen LogP contribution in [0.4, 0.5) is 8.78 Å². The minimum atomic E-state index is -0.470. The van der Waals surface area contributed by atoms with Crippen LogP contribution in [-0.4, -0.2) is 37.8 Å². The van der Waals surface area contributed by atoms with Gasteiger partial charge in [0, 0.05) is 26.2 Å². The molecule has 1 aromatic carbocycles. The van der Waals surface area contributed by atoms with Gasteiger partial charge in [0.2, 0.25) is 0 Å². The molecule has 0 spiro atoms. The van der Waals surface area contributed by atoms with E-state index in [-0.39, 0.29) is 24.3 Å². The zero-order valence-corrected chi connectivity index (χ0v) is 11.3. The van der Waals surface area contributed by atoms with Gasteiger partial charge >= 0.3 is 0 Å². The van der Waals surface area contributed by atoms with E-state index in [2.05, 4.69) is 10.2 Å². The van der Waals surface area contributed by atoms with Gasteiger partial charge < -0.3 is 5.32 Å². The molecule has 1 saturated heterocycles. The number of nitrogens with zero attached hydrogens (tertiary/aromatic N) is 1. The average molecular weight is 277 g/mol. The van der Waals surface area contributed by atoms with Crippen LogP contribution in [0.2, 0.25) is 0 Å². The van der Waals surface area contributed by atoms with Crippen molar-refractivity contribution in [3.05, 3.63) is 35.1 Å². The molecule has 1 N–H and O–H groups in total. The summed E-state index contributed by atoms with van der Waals surface area (Å²) in [5.41, 5.74) is 1.34. The quantitative estimate of drug-likeness (QED) is 0.912. The molecule has 0 aromatic heterocycles. The van der Waals surface area contributed by atoms with Gasteiger partial charge in [-0.2, -0.15) is 0 Å². The highest BCUT2D eigenvalue weighted by Gasteiger charge is 2.22. The van der Waals surface area contributed by atoms with E-state index in [0.29, 0.717) is 5.56 Å². The molecular formula is C13H19ClF2N2. The van der Waals surface area contributed by atoms with Gasteiger partial charge in [0.05, 0.1) is 6.04 Å². The highest BCUT2D eigenvalue weighted by Crippen LogP contribution is 2.23. The first-order valence-corrected chi connectivity index (χ1v) is 5.99. The smallest absolute Gasteiger partial charge is 0.126 e. The Balaban J connectivity index is 0.00000162. The van der Waals surface area contributed by atoms with Gasteiger partial charge in [-0.1, -0.05) is 12.1 Å². The van der Waals surface area contributed by atoms with Crippen molar-refractivity contribution < 1.29 is 8.78 Å². The third kappa shape index (κ3) is 3.40. The van der Waals surface area contributed by atoms with Crippen molar-refractivity contribution in [3.8, 4) is 0 Å². The summed E-state index contributed by atoms with van der Waals surface area (Å²) in [5.74, 6) is -0.254. The lowest BCUT2D eigenvalue weighted by Crippen LogP contribution is -2.45. The molecule has 2 nitrogen and oxygen atoms in total. The summed E-state index contributed by atoms with van der Waals surface area (Å²) in [6.45, 7) is 4.60. The fraction of sp³-hybridized carbons (Fsp3) is 0.538. The van der Waals surface area contributed by atoms with Crippen LogP contribution in [0.5, 0.6) is 0 Å². The number of hydrogen-bond donors (Lipinski definition) is 1. The van der Waals surface area contributed by atoms with E-state index in [1.807, 2.05) is 6.07 Å². The SMILES string of the molecule is Cc1ccc([C@H](CF)N2CCNCC2)cc1F.Cl. The van der Waals surface area contributed by atoms with Gasteiger partial charge in [-0.15, -0.1) is 12.4 Å². The van der Waals surface area contributed by atoms with E-state index >= 15 is 0 Å². The monoisotopic (exact) mass is 276 g/mol. The first-order chi connectivity index (χ1) is 8.22. The maximum absolute atomic E-state index is 13.5. The van der Waals surface area contributed by atoms with E-state index in [9.17, 15) is 8.78 Å². The standard InChI is InChI=1S/C13H18F2N2.ClH/c1-10-2-3-11(8-12(10)15)13(9-14)17-6-4-16-5-7-17;/h2-3,8,13,16H,4-7,9H2,1H3;1H/t13-;/m0./s1. The summed E-state index contributed by atoms with van der Waals surface area (Å²) in [6, 6.07) is 4.69. The summed E-state index contributed by atoms with van der Waals surface area (Å²) in [6.07, 6.45) is 0. The number of nitrogens with one attached hydrogen (secondary N) is 1. The molecule has 1 atom stereocenters. The van der Waals surface area contributed by atoms with Gasteiger partial charge in [0.25, 0.3) is 0 Å². The summed E-state index contributed by atoms with van der Waals surface area (Å²) in [4.78, 5) is 2.07. The normalized spacial score (nSPS) is 18.2. The molecule has 18 heavy (non-hydrogen) atoms. The zero-order chi connectivity index (χ0) is 12.3. The number of benzene rings is 1. The van der Waals surface area contributed by atoms with E-state index in [0.717, 1.165) is 31.7 Å². The van der Waals surface area contributed by atoms with Crippen molar-refractivity contribution in [2.75, 3.05) is 32.9 Å². The maximum Gasteiger partial charge on any atom is 0.126 e. The fourth-order valence-corrected chi connectivity index (χ4v) is 2.21. The lowest BCUT2D eigenvalue weighted by Gasteiger charge is -2.33. The van der Waals surface area contributed by atoms with Gasteiger partial charge in [-0.25, -0.2) is 8.78 Å². The Kier molecular flexibility index (Phi) is 5.99. The molecule has 0 amide bonds. The Morgan fingerprint density at radius 3 is 2.56 bits per heavy atom. The van der Waals surface area contributed by atoms with Gasteiger partial charge in [0.15, 0.2) is 0 Å². The molecule has 0 radical (unpaired) electrons. The van der Waals surface area contributed by atoms with Crippen LogP contribution in [-0.2, 0) is 0 Å². The van der Waals surface area contributed by atoms with Crippen LogP contribution in [0.3, 0.4) is 0 Å². The largest absolute Gasteiger partial charge is 0.314 e. The molecule has 102 valence electrons.